The number of nitrogens with two attached hydrogens (primary N) is 1. The summed E-state index contributed by atoms with van der Waals surface area (Å²) in [4.78, 5) is 12.2. The first-order valence-electron chi connectivity index (χ1n) is 8.15. The van der Waals surface area contributed by atoms with Gasteiger partial charge in [0.25, 0.3) is 0 Å². The lowest BCUT2D eigenvalue weighted by Crippen LogP contribution is -2.41. The van der Waals surface area contributed by atoms with E-state index in [2.05, 4.69) is 5.32 Å². The van der Waals surface area contributed by atoms with Crippen LogP contribution in [0.1, 0.15) is 44.1 Å². The van der Waals surface area contributed by atoms with E-state index in [0.717, 1.165) is 23.5 Å². The van der Waals surface area contributed by atoms with E-state index in [4.69, 9.17) is 15.2 Å². The molecule has 0 spiro atoms. The molecule has 5 heteroatoms. The van der Waals surface area contributed by atoms with Gasteiger partial charge in [0.05, 0.1) is 6.04 Å². The number of ether oxygens (including phenoxy) is 2. The summed E-state index contributed by atoms with van der Waals surface area (Å²) in [5.41, 5.74) is 6.98. The molecule has 1 saturated carbocycles. The molecule has 1 amide bonds. The zero-order chi connectivity index (χ0) is 15.4. The van der Waals surface area contributed by atoms with Crippen molar-refractivity contribution in [2.45, 2.75) is 51.1 Å². The predicted octanol–water partition coefficient (Wildman–Crippen LogP) is 2.33. The number of hydrogen-bond donors (Lipinski definition) is 2. The van der Waals surface area contributed by atoms with Gasteiger partial charge in [-0.2, -0.15) is 0 Å². The molecular weight excluding hydrogens is 280 g/mol. The van der Waals surface area contributed by atoms with Gasteiger partial charge in [0.2, 0.25) is 12.7 Å². The standard InChI is InChI=1S/C17H24N2O3/c18-14(9-12-5-2-1-3-6-12)17(20)19-10-13-7-4-8-15-16(13)22-11-21-15/h4,7-8,12,14H,1-3,5-6,9-11,18H2,(H,19,20). The fraction of sp³-hybridized carbons (Fsp3) is 0.588. The average molecular weight is 304 g/mol. The van der Waals surface area contributed by atoms with Crippen LogP contribution in [0.2, 0.25) is 0 Å². The minimum Gasteiger partial charge on any atom is -0.454 e. The largest absolute Gasteiger partial charge is 0.454 e. The van der Waals surface area contributed by atoms with Crippen LogP contribution in [0, 0.1) is 5.92 Å². The third kappa shape index (κ3) is 3.53. The Hall–Kier alpha value is -1.75. The number of amides is 1. The summed E-state index contributed by atoms with van der Waals surface area (Å²) < 4.78 is 10.8. The highest BCUT2D eigenvalue weighted by atomic mass is 16.7. The van der Waals surface area contributed by atoms with Crippen LogP contribution >= 0.6 is 0 Å². The van der Waals surface area contributed by atoms with Crippen LogP contribution in [0.5, 0.6) is 11.5 Å². The molecule has 1 aliphatic carbocycles. The maximum Gasteiger partial charge on any atom is 0.237 e. The lowest BCUT2D eigenvalue weighted by atomic mass is 9.85. The summed E-state index contributed by atoms with van der Waals surface area (Å²) in [6.07, 6.45) is 7.06. The zero-order valence-electron chi connectivity index (χ0n) is 12.8. The Labute approximate surface area is 131 Å². The van der Waals surface area contributed by atoms with Gasteiger partial charge in [-0.05, 0) is 18.4 Å². The van der Waals surface area contributed by atoms with Gasteiger partial charge in [0.15, 0.2) is 11.5 Å². The normalized spacial score (nSPS) is 19.0. The third-order valence-electron chi connectivity index (χ3n) is 4.58. The van der Waals surface area contributed by atoms with Crippen molar-refractivity contribution in [1.82, 2.24) is 5.32 Å². The van der Waals surface area contributed by atoms with Gasteiger partial charge < -0.3 is 20.5 Å². The second kappa shape index (κ2) is 7.01. The molecule has 0 bridgehead atoms. The van der Waals surface area contributed by atoms with Crippen molar-refractivity contribution in [3.05, 3.63) is 23.8 Å². The molecule has 1 fully saturated rings. The van der Waals surface area contributed by atoms with E-state index < -0.39 is 6.04 Å². The van der Waals surface area contributed by atoms with Gasteiger partial charge >= 0.3 is 0 Å². The smallest absolute Gasteiger partial charge is 0.237 e. The SMILES string of the molecule is NC(CC1CCCCC1)C(=O)NCc1cccc2c1OCO2. The Balaban J connectivity index is 1.50. The van der Waals surface area contributed by atoms with Crippen LogP contribution < -0.4 is 20.5 Å². The van der Waals surface area contributed by atoms with Crippen molar-refractivity contribution >= 4 is 5.91 Å². The number of nitrogens with one attached hydrogen (secondary N) is 1. The number of carbonyl (C=O) groups is 1. The summed E-state index contributed by atoms with van der Waals surface area (Å²) in [6, 6.07) is 5.27. The molecule has 3 N–H and O–H groups in total. The van der Waals surface area contributed by atoms with E-state index >= 15 is 0 Å². The molecule has 22 heavy (non-hydrogen) atoms. The monoisotopic (exact) mass is 304 g/mol. The molecule has 1 aliphatic heterocycles. The van der Waals surface area contributed by atoms with Crippen molar-refractivity contribution in [2.24, 2.45) is 11.7 Å². The van der Waals surface area contributed by atoms with Gasteiger partial charge in [0.1, 0.15) is 0 Å². The van der Waals surface area contributed by atoms with E-state index in [1.165, 1.54) is 32.1 Å². The molecule has 1 aromatic carbocycles. The maximum absolute atomic E-state index is 12.2. The number of carbonyl (C=O) groups excluding carboxylic acids is 1. The van der Waals surface area contributed by atoms with Crippen molar-refractivity contribution in [2.75, 3.05) is 6.79 Å². The molecule has 1 heterocycles. The Morgan fingerprint density at radius 1 is 1.27 bits per heavy atom. The highest BCUT2D eigenvalue weighted by molar-refractivity contribution is 5.81. The molecular formula is C17H24N2O3. The molecule has 2 aliphatic rings. The summed E-state index contributed by atoms with van der Waals surface area (Å²) in [5.74, 6) is 1.98. The summed E-state index contributed by atoms with van der Waals surface area (Å²) >= 11 is 0. The van der Waals surface area contributed by atoms with Crippen LogP contribution in [-0.4, -0.2) is 18.7 Å². The van der Waals surface area contributed by atoms with Crippen LogP contribution in [0.15, 0.2) is 18.2 Å². The summed E-state index contributed by atoms with van der Waals surface area (Å²) in [6.45, 7) is 0.658. The lowest BCUT2D eigenvalue weighted by molar-refractivity contribution is -0.123. The second-order valence-corrected chi connectivity index (χ2v) is 6.21. The van der Waals surface area contributed by atoms with E-state index in [9.17, 15) is 4.79 Å². The molecule has 0 saturated heterocycles. The minimum atomic E-state index is -0.419. The minimum absolute atomic E-state index is 0.0814. The average Bonchev–Trinajstić information content (AvgIpc) is 3.02. The highest BCUT2D eigenvalue weighted by Crippen LogP contribution is 2.35. The Kier molecular flexibility index (Phi) is 4.83. The molecule has 0 aromatic heterocycles. The molecule has 5 nitrogen and oxygen atoms in total. The van der Waals surface area contributed by atoms with Crippen molar-refractivity contribution in [3.63, 3.8) is 0 Å². The quantitative estimate of drug-likeness (QED) is 0.875. The Morgan fingerprint density at radius 3 is 2.91 bits per heavy atom. The molecule has 1 atom stereocenters. The van der Waals surface area contributed by atoms with Crippen molar-refractivity contribution in [1.29, 1.82) is 0 Å². The summed E-state index contributed by atoms with van der Waals surface area (Å²) in [5, 5.41) is 2.92. The molecule has 3 rings (SSSR count). The highest BCUT2D eigenvalue weighted by Gasteiger charge is 2.22. The van der Waals surface area contributed by atoms with Gasteiger partial charge in [-0.25, -0.2) is 0 Å². The Morgan fingerprint density at radius 2 is 2.09 bits per heavy atom. The van der Waals surface area contributed by atoms with Gasteiger partial charge in [-0.15, -0.1) is 0 Å². The van der Waals surface area contributed by atoms with E-state index in [1.54, 1.807) is 0 Å². The van der Waals surface area contributed by atoms with Crippen molar-refractivity contribution < 1.29 is 14.3 Å². The van der Waals surface area contributed by atoms with Crippen LogP contribution in [0.3, 0.4) is 0 Å². The third-order valence-corrected chi connectivity index (χ3v) is 4.58. The fourth-order valence-electron chi connectivity index (χ4n) is 3.33. The molecule has 1 unspecified atom stereocenters. The van der Waals surface area contributed by atoms with Gasteiger partial charge in [-0.3, -0.25) is 4.79 Å². The molecule has 120 valence electrons. The second-order valence-electron chi connectivity index (χ2n) is 6.21. The number of rotatable bonds is 5. The maximum atomic E-state index is 12.2. The first-order chi connectivity index (χ1) is 10.7. The topological polar surface area (TPSA) is 73.6 Å². The molecule has 0 radical (unpaired) electrons. The zero-order valence-corrected chi connectivity index (χ0v) is 12.8. The van der Waals surface area contributed by atoms with Crippen LogP contribution in [0.25, 0.3) is 0 Å². The lowest BCUT2D eigenvalue weighted by Gasteiger charge is -2.24. The fourth-order valence-corrected chi connectivity index (χ4v) is 3.33. The number of para-hydroxylation sites is 1. The predicted molar refractivity (Wildman–Crippen MR) is 83.6 cm³/mol. The van der Waals surface area contributed by atoms with Crippen molar-refractivity contribution in [3.8, 4) is 11.5 Å². The van der Waals surface area contributed by atoms with Gasteiger partial charge in [-0.1, -0.05) is 44.2 Å². The first kappa shape index (κ1) is 15.2. The first-order valence-corrected chi connectivity index (χ1v) is 8.15. The number of hydrogen-bond acceptors (Lipinski definition) is 4. The summed E-state index contributed by atoms with van der Waals surface area (Å²) in [7, 11) is 0. The van der Waals surface area contributed by atoms with E-state index in [1.807, 2.05) is 18.2 Å². The Bertz CT molecular complexity index is 527. The van der Waals surface area contributed by atoms with Crippen LogP contribution in [-0.2, 0) is 11.3 Å². The number of fused-ring (bicyclic) bond motifs is 1. The van der Waals surface area contributed by atoms with Crippen LogP contribution in [0.4, 0.5) is 0 Å². The van der Waals surface area contributed by atoms with E-state index in [0.29, 0.717) is 12.5 Å². The molecule has 1 aromatic rings. The van der Waals surface area contributed by atoms with Gasteiger partial charge in [0, 0.05) is 12.1 Å². The van der Waals surface area contributed by atoms with E-state index in [-0.39, 0.29) is 12.7 Å². The number of benzene rings is 1.